The van der Waals surface area contributed by atoms with E-state index in [1.807, 2.05) is 6.07 Å². The van der Waals surface area contributed by atoms with Crippen molar-refractivity contribution in [2.75, 3.05) is 26.8 Å². The van der Waals surface area contributed by atoms with Crippen LogP contribution in [-0.2, 0) is 16.0 Å². The zero-order valence-corrected chi connectivity index (χ0v) is 11.8. The molecule has 1 unspecified atom stereocenters. The Labute approximate surface area is 119 Å². The summed E-state index contributed by atoms with van der Waals surface area (Å²) in [6.45, 7) is 1.33. The summed E-state index contributed by atoms with van der Waals surface area (Å²) < 4.78 is 4.88. The lowest BCUT2D eigenvalue weighted by Gasteiger charge is -2.26. The molecule has 110 valence electrons. The number of hydrogen-bond acceptors (Lipinski definition) is 4. The minimum Gasteiger partial charge on any atom is -0.508 e. The molecule has 5 nitrogen and oxygen atoms in total. The van der Waals surface area contributed by atoms with E-state index in [-0.39, 0.29) is 24.2 Å². The van der Waals surface area contributed by atoms with Gasteiger partial charge in [0.2, 0.25) is 5.91 Å². The Kier molecular flexibility index (Phi) is 5.38. The Balaban J connectivity index is 1.88. The van der Waals surface area contributed by atoms with Crippen molar-refractivity contribution in [1.82, 2.24) is 10.6 Å². The number of phenolic OH excluding ortho intramolecular Hbond substituents is 1. The van der Waals surface area contributed by atoms with E-state index in [0.29, 0.717) is 13.2 Å². The minimum absolute atomic E-state index is 0.0330. The summed E-state index contributed by atoms with van der Waals surface area (Å²) in [6.07, 6.45) is 3.12. The molecular formula is C15H22N2O3. The Bertz CT molecular complexity index is 462. The van der Waals surface area contributed by atoms with Crippen molar-refractivity contribution in [2.45, 2.75) is 25.3 Å². The van der Waals surface area contributed by atoms with Crippen LogP contribution in [0.15, 0.2) is 18.2 Å². The van der Waals surface area contributed by atoms with E-state index in [4.69, 9.17) is 4.74 Å². The maximum Gasteiger partial charge on any atom is 0.234 e. The predicted octanol–water partition coefficient (Wildman–Crippen LogP) is 1.12. The number of benzene rings is 1. The SMILES string of the molecule is COCCNC(=O)CNC1CCCc2ccc(O)cc21. The van der Waals surface area contributed by atoms with Crippen molar-refractivity contribution in [3.05, 3.63) is 29.3 Å². The number of aryl methyl sites for hydroxylation is 1. The molecule has 0 heterocycles. The van der Waals surface area contributed by atoms with E-state index in [0.717, 1.165) is 24.8 Å². The van der Waals surface area contributed by atoms with Gasteiger partial charge in [-0.2, -0.15) is 0 Å². The topological polar surface area (TPSA) is 70.6 Å². The summed E-state index contributed by atoms with van der Waals surface area (Å²) in [5.41, 5.74) is 2.37. The molecule has 2 rings (SSSR count). The highest BCUT2D eigenvalue weighted by Crippen LogP contribution is 2.31. The van der Waals surface area contributed by atoms with Crippen LogP contribution >= 0.6 is 0 Å². The molecule has 0 radical (unpaired) electrons. The van der Waals surface area contributed by atoms with Crippen molar-refractivity contribution in [3.8, 4) is 5.75 Å². The molecule has 0 saturated carbocycles. The second kappa shape index (κ2) is 7.26. The summed E-state index contributed by atoms with van der Waals surface area (Å²) in [5.74, 6) is 0.247. The molecule has 1 amide bonds. The molecule has 0 bridgehead atoms. The first kappa shape index (κ1) is 14.8. The molecule has 1 aliphatic carbocycles. The zero-order valence-electron chi connectivity index (χ0n) is 11.8. The van der Waals surface area contributed by atoms with Crippen LogP contribution in [0.2, 0.25) is 0 Å². The summed E-state index contributed by atoms with van der Waals surface area (Å²) in [4.78, 5) is 11.7. The molecule has 0 aliphatic heterocycles. The molecule has 1 aliphatic rings. The first-order valence-corrected chi connectivity index (χ1v) is 7.01. The van der Waals surface area contributed by atoms with Crippen molar-refractivity contribution in [3.63, 3.8) is 0 Å². The fourth-order valence-corrected chi connectivity index (χ4v) is 2.57. The Morgan fingerprint density at radius 2 is 2.35 bits per heavy atom. The van der Waals surface area contributed by atoms with E-state index in [1.54, 1.807) is 19.2 Å². The van der Waals surface area contributed by atoms with E-state index in [9.17, 15) is 9.90 Å². The van der Waals surface area contributed by atoms with Gasteiger partial charge in [0.05, 0.1) is 13.2 Å². The maximum absolute atomic E-state index is 11.7. The van der Waals surface area contributed by atoms with Crippen LogP contribution in [0.5, 0.6) is 5.75 Å². The smallest absolute Gasteiger partial charge is 0.234 e. The Morgan fingerprint density at radius 1 is 1.50 bits per heavy atom. The quantitative estimate of drug-likeness (QED) is 0.682. The van der Waals surface area contributed by atoms with Gasteiger partial charge in [0, 0.05) is 19.7 Å². The number of methoxy groups -OCH3 is 1. The van der Waals surface area contributed by atoms with Gasteiger partial charge in [0.25, 0.3) is 0 Å². The fraction of sp³-hybridized carbons (Fsp3) is 0.533. The first-order valence-electron chi connectivity index (χ1n) is 7.01. The lowest BCUT2D eigenvalue weighted by atomic mass is 9.87. The van der Waals surface area contributed by atoms with Crippen molar-refractivity contribution >= 4 is 5.91 Å². The monoisotopic (exact) mass is 278 g/mol. The molecule has 3 N–H and O–H groups in total. The van der Waals surface area contributed by atoms with Gasteiger partial charge in [-0.25, -0.2) is 0 Å². The van der Waals surface area contributed by atoms with Crippen molar-refractivity contribution in [2.24, 2.45) is 0 Å². The highest BCUT2D eigenvalue weighted by Gasteiger charge is 2.20. The second-order valence-corrected chi connectivity index (χ2v) is 5.05. The summed E-state index contributed by atoms with van der Waals surface area (Å²) in [6, 6.07) is 5.63. The van der Waals surface area contributed by atoms with Crippen LogP contribution in [0.1, 0.15) is 30.0 Å². The normalized spacial score (nSPS) is 17.6. The van der Waals surface area contributed by atoms with Crippen LogP contribution in [0.3, 0.4) is 0 Å². The number of hydrogen-bond donors (Lipinski definition) is 3. The molecule has 1 atom stereocenters. The van der Waals surface area contributed by atoms with Gasteiger partial charge in [0.1, 0.15) is 5.75 Å². The number of carbonyl (C=O) groups excluding carboxylic acids is 1. The Hall–Kier alpha value is -1.59. The van der Waals surface area contributed by atoms with Gasteiger partial charge in [-0.1, -0.05) is 6.07 Å². The van der Waals surface area contributed by atoms with E-state index in [1.165, 1.54) is 5.56 Å². The highest BCUT2D eigenvalue weighted by molar-refractivity contribution is 5.78. The van der Waals surface area contributed by atoms with E-state index >= 15 is 0 Å². The molecule has 0 spiro atoms. The maximum atomic E-state index is 11.7. The number of amides is 1. The van der Waals surface area contributed by atoms with Crippen LogP contribution in [-0.4, -0.2) is 37.8 Å². The predicted molar refractivity (Wildman–Crippen MR) is 76.7 cm³/mol. The second-order valence-electron chi connectivity index (χ2n) is 5.05. The van der Waals surface area contributed by atoms with Crippen LogP contribution in [0.4, 0.5) is 0 Å². The molecule has 0 fully saturated rings. The molecule has 5 heteroatoms. The highest BCUT2D eigenvalue weighted by atomic mass is 16.5. The number of aromatic hydroxyl groups is 1. The third-order valence-corrected chi connectivity index (χ3v) is 3.58. The van der Waals surface area contributed by atoms with Crippen LogP contribution in [0, 0.1) is 0 Å². The van der Waals surface area contributed by atoms with Gasteiger partial charge in [-0.3, -0.25) is 4.79 Å². The summed E-state index contributed by atoms with van der Waals surface area (Å²) >= 11 is 0. The van der Waals surface area contributed by atoms with Gasteiger partial charge in [-0.05, 0) is 42.5 Å². The molecular weight excluding hydrogens is 256 g/mol. The molecule has 0 aromatic heterocycles. The third-order valence-electron chi connectivity index (χ3n) is 3.58. The van der Waals surface area contributed by atoms with Gasteiger partial charge in [-0.15, -0.1) is 0 Å². The number of ether oxygens (including phenoxy) is 1. The lowest BCUT2D eigenvalue weighted by Crippen LogP contribution is -2.37. The average molecular weight is 278 g/mol. The number of carbonyl (C=O) groups is 1. The number of rotatable bonds is 6. The number of fused-ring (bicyclic) bond motifs is 1. The molecule has 20 heavy (non-hydrogen) atoms. The number of phenols is 1. The first-order chi connectivity index (χ1) is 9.70. The summed E-state index contributed by atoms with van der Waals surface area (Å²) in [7, 11) is 1.61. The van der Waals surface area contributed by atoms with Crippen molar-refractivity contribution < 1.29 is 14.6 Å². The fourth-order valence-electron chi connectivity index (χ4n) is 2.57. The van der Waals surface area contributed by atoms with E-state index < -0.39 is 0 Å². The summed E-state index contributed by atoms with van der Waals surface area (Å²) in [5, 5.41) is 15.7. The minimum atomic E-state index is -0.0330. The van der Waals surface area contributed by atoms with Gasteiger partial charge < -0.3 is 20.5 Å². The van der Waals surface area contributed by atoms with Gasteiger partial charge in [0.15, 0.2) is 0 Å². The lowest BCUT2D eigenvalue weighted by molar-refractivity contribution is -0.120. The largest absolute Gasteiger partial charge is 0.508 e. The van der Waals surface area contributed by atoms with Crippen molar-refractivity contribution in [1.29, 1.82) is 0 Å². The van der Waals surface area contributed by atoms with Crippen LogP contribution < -0.4 is 10.6 Å². The van der Waals surface area contributed by atoms with Gasteiger partial charge >= 0.3 is 0 Å². The van der Waals surface area contributed by atoms with Crippen LogP contribution in [0.25, 0.3) is 0 Å². The molecule has 1 aromatic carbocycles. The molecule has 0 saturated heterocycles. The zero-order chi connectivity index (χ0) is 14.4. The average Bonchev–Trinajstić information content (AvgIpc) is 2.45. The van der Waals surface area contributed by atoms with E-state index in [2.05, 4.69) is 10.6 Å². The Morgan fingerprint density at radius 3 is 3.15 bits per heavy atom. The number of nitrogens with one attached hydrogen (secondary N) is 2. The standard InChI is InChI=1S/C15H22N2O3/c1-20-8-7-16-15(19)10-17-14-4-2-3-11-5-6-12(18)9-13(11)14/h5-6,9,14,17-18H,2-4,7-8,10H2,1H3,(H,16,19). The molecule has 1 aromatic rings. The third kappa shape index (κ3) is 3.95.